The third-order valence-corrected chi connectivity index (χ3v) is 4.26. The highest BCUT2D eigenvalue weighted by atomic mass is 16.1. The molecule has 2 rings (SSSR count). The molecule has 0 aliphatic heterocycles. The molecule has 3 heteroatoms. The Morgan fingerprint density at radius 2 is 2.14 bits per heavy atom. The van der Waals surface area contributed by atoms with Gasteiger partial charge in [-0.2, -0.15) is 0 Å². The van der Waals surface area contributed by atoms with E-state index >= 15 is 0 Å². The second-order valence-corrected chi connectivity index (χ2v) is 6.42. The number of nitrogens with one attached hydrogen (secondary N) is 2. The third kappa shape index (κ3) is 4.48. The molecule has 21 heavy (non-hydrogen) atoms. The van der Waals surface area contributed by atoms with E-state index in [9.17, 15) is 4.79 Å². The highest BCUT2D eigenvalue weighted by Gasteiger charge is 2.21. The van der Waals surface area contributed by atoms with Gasteiger partial charge in [-0.1, -0.05) is 32.8 Å². The number of hydrogen-bond donors (Lipinski definition) is 2. The van der Waals surface area contributed by atoms with E-state index in [2.05, 4.69) is 37.5 Å². The summed E-state index contributed by atoms with van der Waals surface area (Å²) in [7, 11) is 0. The number of benzene rings is 1. The molecule has 116 valence electrons. The first-order chi connectivity index (χ1) is 10.1. The van der Waals surface area contributed by atoms with Gasteiger partial charge < -0.3 is 10.6 Å². The molecule has 3 nitrogen and oxygen atoms in total. The van der Waals surface area contributed by atoms with Gasteiger partial charge in [0.1, 0.15) is 0 Å². The summed E-state index contributed by atoms with van der Waals surface area (Å²) in [5.41, 5.74) is 2.90. The van der Waals surface area contributed by atoms with Crippen LogP contribution in [-0.4, -0.2) is 18.5 Å². The fraction of sp³-hybridized carbons (Fsp3) is 0.611. The van der Waals surface area contributed by atoms with Crippen molar-refractivity contribution < 1.29 is 4.79 Å². The molecule has 0 heterocycles. The predicted octanol–water partition coefficient (Wildman–Crippen LogP) is 4.13. The minimum Gasteiger partial charge on any atom is -0.384 e. The van der Waals surface area contributed by atoms with Gasteiger partial charge in [0.15, 0.2) is 0 Å². The van der Waals surface area contributed by atoms with E-state index in [0.29, 0.717) is 6.04 Å². The van der Waals surface area contributed by atoms with Gasteiger partial charge >= 0.3 is 0 Å². The lowest BCUT2D eigenvalue weighted by molar-refractivity contribution is 0.0922. The van der Waals surface area contributed by atoms with Gasteiger partial charge in [0.25, 0.3) is 5.91 Å². The van der Waals surface area contributed by atoms with Crippen molar-refractivity contribution in [1.82, 2.24) is 5.32 Å². The maximum Gasteiger partial charge on any atom is 0.253 e. The molecule has 1 aromatic rings. The van der Waals surface area contributed by atoms with Crippen LogP contribution in [-0.2, 0) is 0 Å². The number of rotatable bonds is 5. The minimum atomic E-state index is 0.0627. The van der Waals surface area contributed by atoms with E-state index in [1.54, 1.807) is 0 Å². The first-order valence-corrected chi connectivity index (χ1v) is 8.25. The highest BCUT2D eigenvalue weighted by molar-refractivity contribution is 5.99. The Kier molecular flexibility index (Phi) is 5.66. The lowest BCUT2D eigenvalue weighted by Gasteiger charge is -2.27. The Labute approximate surface area is 128 Å². The van der Waals surface area contributed by atoms with Crippen LogP contribution in [0, 0.1) is 12.8 Å². The lowest BCUT2D eigenvalue weighted by Crippen LogP contribution is -2.38. The number of hydrogen-bond acceptors (Lipinski definition) is 2. The van der Waals surface area contributed by atoms with E-state index < -0.39 is 0 Å². The Hall–Kier alpha value is -1.51. The quantitative estimate of drug-likeness (QED) is 0.855. The van der Waals surface area contributed by atoms with E-state index in [1.165, 1.54) is 18.4 Å². The second kappa shape index (κ2) is 7.48. The zero-order valence-electron chi connectivity index (χ0n) is 13.5. The van der Waals surface area contributed by atoms with Gasteiger partial charge in [-0.25, -0.2) is 0 Å². The van der Waals surface area contributed by atoms with Crippen LogP contribution >= 0.6 is 0 Å². The van der Waals surface area contributed by atoms with Crippen LogP contribution in [0.5, 0.6) is 0 Å². The van der Waals surface area contributed by atoms with Crippen LogP contribution in [0.25, 0.3) is 0 Å². The fourth-order valence-corrected chi connectivity index (χ4v) is 3.09. The first-order valence-electron chi connectivity index (χ1n) is 8.25. The standard InChI is InChI=1S/C18H28N2O/c1-4-10-19-17-12-14(3)8-9-16(17)18(21)20-15-7-5-6-13(2)11-15/h8-9,12-13,15,19H,4-7,10-11H2,1-3H3,(H,20,21). The van der Waals surface area contributed by atoms with Crippen molar-refractivity contribution in [3.63, 3.8) is 0 Å². The smallest absolute Gasteiger partial charge is 0.253 e. The molecule has 2 atom stereocenters. The van der Waals surface area contributed by atoms with E-state index in [0.717, 1.165) is 43.0 Å². The molecular weight excluding hydrogens is 260 g/mol. The summed E-state index contributed by atoms with van der Waals surface area (Å²) in [5, 5.41) is 6.59. The van der Waals surface area contributed by atoms with Crippen LogP contribution in [0.4, 0.5) is 5.69 Å². The predicted molar refractivity (Wildman–Crippen MR) is 88.8 cm³/mol. The third-order valence-electron chi connectivity index (χ3n) is 4.26. The number of carbonyl (C=O) groups is 1. The van der Waals surface area contributed by atoms with Crippen molar-refractivity contribution in [2.45, 2.75) is 58.9 Å². The SMILES string of the molecule is CCCNc1cc(C)ccc1C(=O)NC1CCCC(C)C1. The van der Waals surface area contributed by atoms with Crippen molar-refractivity contribution in [3.8, 4) is 0 Å². The molecule has 2 N–H and O–H groups in total. The Bertz CT molecular complexity index is 484. The van der Waals surface area contributed by atoms with Crippen LogP contribution in [0.3, 0.4) is 0 Å². The van der Waals surface area contributed by atoms with Gasteiger partial charge in [0, 0.05) is 18.3 Å². The number of anilines is 1. The number of aryl methyl sites for hydroxylation is 1. The maximum atomic E-state index is 12.6. The van der Waals surface area contributed by atoms with E-state index in [-0.39, 0.29) is 5.91 Å². The van der Waals surface area contributed by atoms with Gasteiger partial charge in [-0.15, -0.1) is 0 Å². The summed E-state index contributed by atoms with van der Waals surface area (Å²) < 4.78 is 0. The van der Waals surface area contributed by atoms with Gasteiger partial charge in [-0.3, -0.25) is 4.79 Å². The van der Waals surface area contributed by atoms with E-state index in [4.69, 9.17) is 0 Å². The minimum absolute atomic E-state index is 0.0627. The normalized spacial score (nSPS) is 21.9. The van der Waals surface area contributed by atoms with Crippen molar-refractivity contribution in [1.29, 1.82) is 0 Å². The molecule has 1 fully saturated rings. The van der Waals surface area contributed by atoms with Crippen molar-refractivity contribution in [3.05, 3.63) is 29.3 Å². The molecule has 0 spiro atoms. The lowest BCUT2D eigenvalue weighted by atomic mass is 9.87. The van der Waals surface area contributed by atoms with E-state index in [1.807, 2.05) is 12.1 Å². The van der Waals surface area contributed by atoms with Crippen molar-refractivity contribution in [2.24, 2.45) is 5.92 Å². The van der Waals surface area contributed by atoms with Gasteiger partial charge in [-0.05, 0) is 49.8 Å². The topological polar surface area (TPSA) is 41.1 Å². The molecule has 0 radical (unpaired) electrons. The van der Waals surface area contributed by atoms with Crippen molar-refractivity contribution in [2.75, 3.05) is 11.9 Å². The maximum absolute atomic E-state index is 12.6. The van der Waals surface area contributed by atoms with Crippen LogP contribution in [0.15, 0.2) is 18.2 Å². The van der Waals surface area contributed by atoms with Crippen molar-refractivity contribution >= 4 is 11.6 Å². The summed E-state index contributed by atoms with van der Waals surface area (Å²) in [4.78, 5) is 12.6. The summed E-state index contributed by atoms with van der Waals surface area (Å²) in [5.74, 6) is 0.785. The van der Waals surface area contributed by atoms with Crippen LogP contribution in [0.2, 0.25) is 0 Å². The summed E-state index contributed by atoms with van der Waals surface area (Å²) in [6, 6.07) is 6.35. The van der Waals surface area contributed by atoms with Gasteiger partial charge in [0.2, 0.25) is 0 Å². The molecule has 1 aromatic carbocycles. The molecule has 0 saturated heterocycles. The van der Waals surface area contributed by atoms with Crippen LogP contribution in [0.1, 0.15) is 61.9 Å². The fourth-order valence-electron chi connectivity index (χ4n) is 3.09. The summed E-state index contributed by atoms with van der Waals surface area (Å²) >= 11 is 0. The second-order valence-electron chi connectivity index (χ2n) is 6.42. The first kappa shape index (κ1) is 15.9. The molecule has 1 aliphatic rings. The summed E-state index contributed by atoms with van der Waals surface area (Å²) in [6.07, 6.45) is 5.78. The summed E-state index contributed by atoms with van der Waals surface area (Å²) in [6.45, 7) is 7.36. The molecule has 1 aliphatic carbocycles. The molecule has 0 bridgehead atoms. The van der Waals surface area contributed by atoms with Gasteiger partial charge in [0.05, 0.1) is 5.56 Å². The molecule has 1 saturated carbocycles. The average molecular weight is 288 g/mol. The zero-order valence-corrected chi connectivity index (χ0v) is 13.5. The number of carbonyl (C=O) groups excluding carboxylic acids is 1. The monoisotopic (exact) mass is 288 g/mol. The zero-order chi connectivity index (χ0) is 15.2. The Morgan fingerprint density at radius 3 is 2.86 bits per heavy atom. The molecule has 2 unspecified atom stereocenters. The Morgan fingerprint density at radius 1 is 1.33 bits per heavy atom. The largest absolute Gasteiger partial charge is 0.384 e. The van der Waals surface area contributed by atoms with Crippen LogP contribution < -0.4 is 10.6 Å². The highest BCUT2D eigenvalue weighted by Crippen LogP contribution is 2.24. The number of amides is 1. The average Bonchev–Trinajstić information content (AvgIpc) is 2.45. The molecule has 1 amide bonds. The Balaban J connectivity index is 2.07. The molecular formula is C18H28N2O. The molecule has 0 aromatic heterocycles.